The number of hydrogen-bond donors (Lipinski definition) is 1. The lowest BCUT2D eigenvalue weighted by Gasteiger charge is -2.46. The fourth-order valence-corrected chi connectivity index (χ4v) is 4.03. The molecule has 1 saturated carbocycles. The van der Waals surface area contributed by atoms with E-state index in [1.54, 1.807) is 16.2 Å². The smallest absolute Gasteiger partial charge is 0.249 e. The molecule has 2 fully saturated rings. The summed E-state index contributed by atoms with van der Waals surface area (Å²) in [5.74, 6) is 0.360. The van der Waals surface area contributed by atoms with Gasteiger partial charge in [-0.25, -0.2) is 0 Å². The molecule has 2 heterocycles. The van der Waals surface area contributed by atoms with E-state index in [1.807, 2.05) is 26.2 Å². The zero-order valence-electron chi connectivity index (χ0n) is 12.8. The second kappa shape index (κ2) is 5.13. The van der Waals surface area contributed by atoms with Gasteiger partial charge in [0.05, 0.1) is 0 Å². The topological polar surface area (TPSA) is 49.4 Å². The summed E-state index contributed by atoms with van der Waals surface area (Å²) in [7, 11) is 0. The maximum absolute atomic E-state index is 13.0. The van der Waals surface area contributed by atoms with Crippen molar-refractivity contribution in [3.05, 3.63) is 22.4 Å². The van der Waals surface area contributed by atoms with Crippen LogP contribution in [0.15, 0.2) is 16.8 Å². The van der Waals surface area contributed by atoms with Crippen molar-refractivity contribution in [3.8, 4) is 0 Å². The third-order valence-corrected chi connectivity index (χ3v) is 5.57. The van der Waals surface area contributed by atoms with E-state index in [-0.39, 0.29) is 17.9 Å². The predicted octanol–water partition coefficient (Wildman–Crippen LogP) is 2.19. The molecule has 5 heteroatoms. The van der Waals surface area contributed by atoms with Gasteiger partial charge in [-0.15, -0.1) is 0 Å². The molecular formula is C16H22N2O2S. The summed E-state index contributed by atoms with van der Waals surface area (Å²) in [6.07, 6.45) is 2.86. The van der Waals surface area contributed by atoms with Crippen molar-refractivity contribution in [1.82, 2.24) is 10.2 Å². The lowest BCUT2D eigenvalue weighted by atomic mass is 9.88. The monoisotopic (exact) mass is 306 g/mol. The number of hydrogen-bond acceptors (Lipinski definition) is 3. The van der Waals surface area contributed by atoms with Crippen molar-refractivity contribution in [2.75, 3.05) is 0 Å². The van der Waals surface area contributed by atoms with Gasteiger partial charge in [-0.2, -0.15) is 11.3 Å². The van der Waals surface area contributed by atoms with Crippen LogP contribution in [-0.4, -0.2) is 34.3 Å². The summed E-state index contributed by atoms with van der Waals surface area (Å²) in [6, 6.07) is 1.73. The molecule has 1 aromatic rings. The predicted molar refractivity (Wildman–Crippen MR) is 83.1 cm³/mol. The Morgan fingerprint density at radius 3 is 2.76 bits per heavy atom. The van der Waals surface area contributed by atoms with E-state index >= 15 is 0 Å². The molecule has 1 saturated heterocycles. The average molecular weight is 306 g/mol. The second-order valence-electron chi connectivity index (χ2n) is 6.54. The number of carbonyl (C=O) groups is 2. The fraction of sp³-hybridized carbons (Fsp3) is 0.625. The van der Waals surface area contributed by atoms with Crippen LogP contribution in [0.1, 0.15) is 39.2 Å². The summed E-state index contributed by atoms with van der Waals surface area (Å²) >= 11 is 1.66. The maximum atomic E-state index is 13.0. The highest BCUT2D eigenvalue weighted by atomic mass is 32.1. The first-order valence-electron chi connectivity index (χ1n) is 7.59. The molecule has 0 bridgehead atoms. The number of carbonyl (C=O) groups excluding carboxylic acids is 2. The molecule has 3 rings (SSSR count). The van der Waals surface area contributed by atoms with E-state index in [4.69, 9.17) is 0 Å². The molecule has 0 radical (unpaired) electrons. The Bertz CT molecular complexity index is 553. The van der Waals surface area contributed by atoms with Crippen LogP contribution in [0.2, 0.25) is 0 Å². The average Bonchev–Trinajstić information content (AvgIpc) is 3.17. The molecule has 0 spiro atoms. The van der Waals surface area contributed by atoms with Crippen molar-refractivity contribution < 1.29 is 9.59 Å². The van der Waals surface area contributed by atoms with Crippen molar-refractivity contribution in [3.63, 3.8) is 0 Å². The van der Waals surface area contributed by atoms with Crippen molar-refractivity contribution in [2.45, 2.75) is 57.7 Å². The number of nitrogens with zero attached hydrogens (tertiary/aromatic N) is 1. The molecule has 0 aromatic carbocycles. The highest BCUT2D eigenvalue weighted by Crippen LogP contribution is 2.42. The van der Waals surface area contributed by atoms with Crippen molar-refractivity contribution >= 4 is 23.2 Å². The van der Waals surface area contributed by atoms with Crippen molar-refractivity contribution in [2.24, 2.45) is 5.92 Å². The Balaban J connectivity index is 1.83. The minimum atomic E-state index is -0.702. The molecule has 1 aliphatic carbocycles. The van der Waals surface area contributed by atoms with Gasteiger partial charge in [-0.05, 0) is 68.3 Å². The minimum Gasteiger partial charge on any atom is -0.340 e. The Hall–Kier alpha value is -1.36. The summed E-state index contributed by atoms with van der Waals surface area (Å²) in [5.41, 5.74) is 0.526. The third kappa shape index (κ3) is 2.48. The van der Waals surface area contributed by atoms with Crippen LogP contribution in [0.3, 0.4) is 0 Å². The number of rotatable bonds is 4. The van der Waals surface area contributed by atoms with Gasteiger partial charge in [-0.1, -0.05) is 0 Å². The molecule has 3 atom stereocenters. The van der Waals surface area contributed by atoms with Crippen LogP contribution in [0, 0.1) is 5.92 Å². The minimum absolute atomic E-state index is 0.0267. The molecule has 1 aliphatic heterocycles. The van der Waals surface area contributed by atoms with E-state index in [0.29, 0.717) is 5.92 Å². The normalized spacial score (nSPS) is 31.2. The first-order valence-corrected chi connectivity index (χ1v) is 8.53. The van der Waals surface area contributed by atoms with Crippen LogP contribution in [-0.2, 0) is 16.0 Å². The zero-order chi connectivity index (χ0) is 15.2. The summed E-state index contributed by atoms with van der Waals surface area (Å²) < 4.78 is 0. The van der Waals surface area contributed by atoms with Crippen LogP contribution >= 0.6 is 11.3 Å². The largest absolute Gasteiger partial charge is 0.340 e. The molecule has 1 N–H and O–H groups in total. The van der Waals surface area contributed by atoms with E-state index in [0.717, 1.165) is 19.3 Å². The molecule has 4 nitrogen and oxygen atoms in total. The lowest BCUT2D eigenvalue weighted by Crippen LogP contribution is -2.71. The Kier molecular flexibility index (Phi) is 3.56. The molecule has 2 amide bonds. The first kappa shape index (κ1) is 14.6. The highest BCUT2D eigenvalue weighted by Gasteiger charge is 2.55. The van der Waals surface area contributed by atoms with Gasteiger partial charge >= 0.3 is 0 Å². The lowest BCUT2D eigenvalue weighted by molar-refractivity contribution is -0.157. The quantitative estimate of drug-likeness (QED) is 0.927. The second-order valence-corrected chi connectivity index (χ2v) is 7.32. The summed E-state index contributed by atoms with van der Waals surface area (Å²) in [5, 5.41) is 7.12. The fourth-order valence-electron chi connectivity index (χ4n) is 3.35. The SMILES string of the molecule is CC(Cc1ccsc1)N1C(=O)C(C)(C2CC2)NC(=O)C1C. The van der Waals surface area contributed by atoms with E-state index in [2.05, 4.69) is 16.8 Å². The molecule has 1 aromatic heterocycles. The zero-order valence-corrected chi connectivity index (χ0v) is 13.6. The third-order valence-electron chi connectivity index (χ3n) is 4.84. The Morgan fingerprint density at radius 1 is 1.48 bits per heavy atom. The summed E-state index contributed by atoms with van der Waals surface area (Å²) in [6.45, 7) is 5.75. The molecule has 21 heavy (non-hydrogen) atoms. The van der Waals surface area contributed by atoms with Crippen LogP contribution < -0.4 is 5.32 Å². The van der Waals surface area contributed by atoms with Gasteiger partial charge < -0.3 is 10.2 Å². The van der Waals surface area contributed by atoms with Crippen LogP contribution in [0.25, 0.3) is 0 Å². The molecule has 3 unspecified atom stereocenters. The van der Waals surface area contributed by atoms with Gasteiger partial charge in [0.2, 0.25) is 11.8 Å². The van der Waals surface area contributed by atoms with Gasteiger partial charge in [0.25, 0.3) is 0 Å². The van der Waals surface area contributed by atoms with Gasteiger partial charge in [0, 0.05) is 6.04 Å². The van der Waals surface area contributed by atoms with Gasteiger partial charge in [-0.3, -0.25) is 9.59 Å². The Labute approximate surface area is 129 Å². The van der Waals surface area contributed by atoms with Crippen molar-refractivity contribution in [1.29, 1.82) is 0 Å². The molecule has 2 aliphatic rings. The Morgan fingerprint density at radius 2 is 2.19 bits per heavy atom. The highest BCUT2D eigenvalue weighted by molar-refractivity contribution is 7.07. The van der Waals surface area contributed by atoms with Gasteiger partial charge in [0.1, 0.15) is 11.6 Å². The molecule has 114 valence electrons. The number of amides is 2. The van der Waals surface area contributed by atoms with Gasteiger partial charge in [0.15, 0.2) is 0 Å². The molecular weight excluding hydrogens is 284 g/mol. The standard InChI is InChI=1S/C16H22N2O2S/c1-10(8-12-6-7-21-9-12)18-11(2)14(19)17-16(3,15(18)20)13-4-5-13/h6-7,9-11,13H,4-5,8H2,1-3H3,(H,17,19). The maximum Gasteiger partial charge on any atom is 0.249 e. The number of piperazine rings is 1. The van der Waals surface area contributed by atoms with E-state index < -0.39 is 11.6 Å². The first-order chi connectivity index (χ1) is 9.93. The van der Waals surface area contributed by atoms with E-state index in [9.17, 15) is 9.59 Å². The number of thiophene rings is 1. The van der Waals surface area contributed by atoms with Crippen LogP contribution in [0.4, 0.5) is 0 Å². The van der Waals surface area contributed by atoms with E-state index in [1.165, 1.54) is 5.56 Å². The summed E-state index contributed by atoms with van der Waals surface area (Å²) in [4.78, 5) is 27.1. The van der Waals surface area contributed by atoms with Crippen LogP contribution in [0.5, 0.6) is 0 Å². The number of nitrogens with one attached hydrogen (secondary N) is 1.